The summed E-state index contributed by atoms with van der Waals surface area (Å²) in [5, 5.41) is -0.340. The molecule has 0 spiro atoms. The van der Waals surface area contributed by atoms with Gasteiger partial charge in [0.05, 0.1) is 24.8 Å². The second-order valence-electron chi connectivity index (χ2n) is 2.70. The van der Waals surface area contributed by atoms with E-state index in [0.29, 0.717) is 0 Å². The number of methoxy groups -OCH3 is 2. The third kappa shape index (κ3) is 2.21. The van der Waals surface area contributed by atoms with Crippen molar-refractivity contribution in [3.05, 3.63) is 22.5 Å². The summed E-state index contributed by atoms with van der Waals surface area (Å²) in [6, 6.07) is 0. The van der Waals surface area contributed by atoms with Gasteiger partial charge in [-0.05, 0) is 0 Å². The van der Waals surface area contributed by atoms with Crippen LogP contribution in [0.15, 0.2) is 6.20 Å². The number of esters is 1. The summed E-state index contributed by atoms with van der Waals surface area (Å²) >= 11 is 5.66. The standard InChI is InChI=1S/C9H8ClF2NO3/c1-15-7-5(10)4(8(11)12)3-13-6(7)9(14)16-2/h3,8H,1-2H3. The van der Waals surface area contributed by atoms with Crippen molar-refractivity contribution in [1.82, 2.24) is 4.98 Å². The van der Waals surface area contributed by atoms with Crippen LogP contribution < -0.4 is 4.74 Å². The summed E-state index contributed by atoms with van der Waals surface area (Å²) in [7, 11) is 2.34. The van der Waals surface area contributed by atoms with Gasteiger partial charge in [-0.2, -0.15) is 0 Å². The van der Waals surface area contributed by atoms with Gasteiger partial charge < -0.3 is 9.47 Å². The molecule has 0 unspecified atom stereocenters. The minimum atomic E-state index is -2.79. The summed E-state index contributed by atoms with van der Waals surface area (Å²) in [6.45, 7) is 0. The Balaban J connectivity index is 3.35. The molecule has 1 aromatic rings. The highest BCUT2D eigenvalue weighted by atomic mass is 35.5. The van der Waals surface area contributed by atoms with E-state index in [4.69, 9.17) is 16.3 Å². The molecule has 0 aliphatic heterocycles. The molecule has 88 valence electrons. The van der Waals surface area contributed by atoms with Gasteiger partial charge in [0.1, 0.15) is 0 Å². The second kappa shape index (κ2) is 5.07. The lowest BCUT2D eigenvalue weighted by atomic mass is 10.2. The molecule has 16 heavy (non-hydrogen) atoms. The van der Waals surface area contributed by atoms with Crippen LogP contribution in [0.5, 0.6) is 5.75 Å². The smallest absolute Gasteiger partial charge is 0.360 e. The zero-order valence-electron chi connectivity index (χ0n) is 8.46. The molecule has 0 aliphatic rings. The van der Waals surface area contributed by atoms with E-state index in [9.17, 15) is 13.6 Å². The predicted octanol–water partition coefficient (Wildman–Crippen LogP) is 2.47. The van der Waals surface area contributed by atoms with Crippen LogP contribution in [-0.2, 0) is 4.74 Å². The molecule has 1 heterocycles. The Labute approximate surface area is 95.1 Å². The van der Waals surface area contributed by atoms with Gasteiger partial charge in [0, 0.05) is 6.20 Å². The molecule has 0 amide bonds. The predicted molar refractivity (Wildman–Crippen MR) is 52.1 cm³/mol. The molecular weight excluding hydrogens is 244 g/mol. The molecule has 1 aromatic heterocycles. The number of carbonyl (C=O) groups is 1. The van der Waals surface area contributed by atoms with Gasteiger partial charge >= 0.3 is 5.97 Å². The Morgan fingerprint density at radius 2 is 2.12 bits per heavy atom. The summed E-state index contributed by atoms with van der Waals surface area (Å²) in [4.78, 5) is 14.8. The number of ether oxygens (including phenoxy) is 2. The second-order valence-corrected chi connectivity index (χ2v) is 3.08. The number of aromatic nitrogens is 1. The summed E-state index contributed by atoms with van der Waals surface area (Å²) in [5.41, 5.74) is -0.731. The molecule has 4 nitrogen and oxygen atoms in total. The first-order chi connectivity index (χ1) is 7.52. The van der Waals surface area contributed by atoms with Crippen LogP contribution in [0.1, 0.15) is 22.5 Å². The number of carbonyl (C=O) groups excluding carboxylic acids is 1. The number of hydrogen-bond acceptors (Lipinski definition) is 4. The van der Waals surface area contributed by atoms with Gasteiger partial charge in [-0.15, -0.1) is 0 Å². The summed E-state index contributed by atoms with van der Waals surface area (Å²) < 4.78 is 34.1. The van der Waals surface area contributed by atoms with Gasteiger partial charge in [0.25, 0.3) is 6.43 Å². The van der Waals surface area contributed by atoms with Crippen LogP contribution in [0.4, 0.5) is 8.78 Å². The highest BCUT2D eigenvalue weighted by molar-refractivity contribution is 6.33. The fraction of sp³-hybridized carbons (Fsp3) is 0.333. The summed E-state index contributed by atoms with van der Waals surface area (Å²) in [5.74, 6) is -1.02. The third-order valence-corrected chi connectivity index (χ3v) is 2.21. The Hall–Kier alpha value is -1.43. The molecule has 0 saturated heterocycles. The molecule has 0 atom stereocenters. The summed E-state index contributed by atoms with van der Waals surface area (Å²) in [6.07, 6.45) is -1.97. The molecule has 0 aromatic carbocycles. The van der Waals surface area contributed by atoms with Crippen molar-refractivity contribution >= 4 is 17.6 Å². The highest BCUT2D eigenvalue weighted by Gasteiger charge is 2.23. The van der Waals surface area contributed by atoms with E-state index in [1.807, 2.05) is 0 Å². The fourth-order valence-corrected chi connectivity index (χ4v) is 1.36. The third-order valence-electron chi connectivity index (χ3n) is 1.82. The molecule has 0 aliphatic carbocycles. The van der Waals surface area contributed by atoms with E-state index in [1.54, 1.807) is 0 Å². The minimum absolute atomic E-state index is 0.216. The average Bonchev–Trinajstić information content (AvgIpc) is 2.26. The lowest BCUT2D eigenvalue weighted by Gasteiger charge is -2.10. The van der Waals surface area contributed by atoms with Crippen molar-refractivity contribution < 1.29 is 23.0 Å². The van der Waals surface area contributed by atoms with Gasteiger partial charge in [-0.1, -0.05) is 11.6 Å². The number of rotatable bonds is 3. The first-order valence-corrected chi connectivity index (χ1v) is 4.49. The topological polar surface area (TPSA) is 48.4 Å². The number of pyridine rings is 1. The molecule has 0 fully saturated rings. The van der Waals surface area contributed by atoms with Crippen LogP contribution in [0.3, 0.4) is 0 Å². The first-order valence-electron chi connectivity index (χ1n) is 4.11. The molecule has 1 rings (SSSR count). The van der Waals surface area contributed by atoms with E-state index in [0.717, 1.165) is 13.3 Å². The SMILES string of the molecule is COC(=O)c1ncc(C(F)F)c(Cl)c1OC. The van der Waals surface area contributed by atoms with Crippen molar-refractivity contribution in [3.63, 3.8) is 0 Å². The van der Waals surface area contributed by atoms with E-state index in [1.165, 1.54) is 7.11 Å². The largest absolute Gasteiger partial charge is 0.493 e. The zero-order chi connectivity index (χ0) is 12.3. The molecule has 0 saturated carbocycles. The van der Waals surface area contributed by atoms with E-state index >= 15 is 0 Å². The Bertz CT molecular complexity index is 412. The minimum Gasteiger partial charge on any atom is -0.493 e. The van der Waals surface area contributed by atoms with Gasteiger partial charge in [0.15, 0.2) is 11.4 Å². The molecule has 0 bridgehead atoms. The molecular formula is C9H8ClF2NO3. The van der Waals surface area contributed by atoms with E-state index in [2.05, 4.69) is 9.72 Å². The van der Waals surface area contributed by atoms with Crippen molar-refractivity contribution in [2.75, 3.05) is 14.2 Å². The lowest BCUT2D eigenvalue weighted by Crippen LogP contribution is -2.08. The van der Waals surface area contributed by atoms with Crippen LogP contribution in [0, 0.1) is 0 Å². The van der Waals surface area contributed by atoms with Gasteiger partial charge in [-0.25, -0.2) is 18.6 Å². The zero-order valence-corrected chi connectivity index (χ0v) is 9.22. The lowest BCUT2D eigenvalue weighted by molar-refractivity contribution is 0.0589. The molecule has 7 heteroatoms. The van der Waals surface area contributed by atoms with Crippen LogP contribution in [0.25, 0.3) is 0 Å². The number of hydrogen-bond donors (Lipinski definition) is 0. The normalized spacial score (nSPS) is 10.4. The van der Waals surface area contributed by atoms with Crippen LogP contribution >= 0.6 is 11.6 Å². The van der Waals surface area contributed by atoms with E-state index in [-0.39, 0.29) is 16.5 Å². The molecule has 0 radical (unpaired) electrons. The average molecular weight is 252 g/mol. The van der Waals surface area contributed by atoms with Crippen LogP contribution in [0.2, 0.25) is 5.02 Å². The maximum absolute atomic E-state index is 12.5. The molecule has 0 N–H and O–H groups in total. The number of nitrogens with zero attached hydrogens (tertiary/aromatic N) is 1. The Kier molecular flexibility index (Phi) is 4.00. The maximum Gasteiger partial charge on any atom is 0.360 e. The number of halogens is 3. The van der Waals surface area contributed by atoms with Crippen molar-refractivity contribution in [2.24, 2.45) is 0 Å². The highest BCUT2D eigenvalue weighted by Crippen LogP contribution is 2.35. The quantitative estimate of drug-likeness (QED) is 0.775. The maximum atomic E-state index is 12.5. The Morgan fingerprint density at radius 3 is 2.56 bits per heavy atom. The van der Waals surface area contributed by atoms with Crippen molar-refractivity contribution in [3.8, 4) is 5.75 Å². The number of alkyl halides is 2. The van der Waals surface area contributed by atoms with Crippen molar-refractivity contribution in [2.45, 2.75) is 6.43 Å². The van der Waals surface area contributed by atoms with E-state index < -0.39 is 18.0 Å². The van der Waals surface area contributed by atoms with Gasteiger partial charge in [-0.3, -0.25) is 0 Å². The fourth-order valence-electron chi connectivity index (χ4n) is 1.06. The van der Waals surface area contributed by atoms with Crippen molar-refractivity contribution in [1.29, 1.82) is 0 Å². The first kappa shape index (κ1) is 12.6. The van der Waals surface area contributed by atoms with Gasteiger partial charge in [0.2, 0.25) is 0 Å². The monoisotopic (exact) mass is 251 g/mol. The van der Waals surface area contributed by atoms with Crippen LogP contribution in [-0.4, -0.2) is 25.2 Å². The Morgan fingerprint density at radius 1 is 1.50 bits per heavy atom.